The highest BCUT2D eigenvalue weighted by Gasteiger charge is 2.00. The largest absolute Gasteiger partial charge is 0.469 e. The summed E-state index contributed by atoms with van der Waals surface area (Å²) < 4.78 is 4.62. The van der Waals surface area contributed by atoms with Gasteiger partial charge >= 0.3 is 5.97 Å². The van der Waals surface area contributed by atoms with Gasteiger partial charge in [-0.1, -0.05) is 24.1 Å². The van der Waals surface area contributed by atoms with Crippen molar-refractivity contribution in [3.8, 4) is 0 Å². The number of hydrogen-bond acceptors (Lipinski definition) is 4. The van der Waals surface area contributed by atoms with E-state index in [4.69, 9.17) is 11.6 Å². The third kappa shape index (κ3) is 9.35. The van der Waals surface area contributed by atoms with Crippen molar-refractivity contribution in [3.63, 3.8) is 0 Å². The third-order valence-electron chi connectivity index (χ3n) is 3.38. The van der Waals surface area contributed by atoms with Gasteiger partial charge in [0, 0.05) is 32.3 Å². The predicted octanol–water partition coefficient (Wildman–Crippen LogP) is 2.57. The van der Waals surface area contributed by atoms with Crippen molar-refractivity contribution in [2.45, 2.75) is 39.0 Å². The maximum Gasteiger partial charge on any atom is 0.305 e. The summed E-state index contributed by atoms with van der Waals surface area (Å²) in [7, 11) is 1.42. The van der Waals surface area contributed by atoms with Gasteiger partial charge in [-0.3, -0.25) is 9.79 Å². The summed E-state index contributed by atoms with van der Waals surface area (Å²) in [5, 5.41) is 7.04. The molecule has 0 atom stereocenters. The highest BCUT2D eigenvalue weighted by molar-refractivity contribution is 6.29. The Balaban J connectivity index is 2.24. The number of rotatable bonds is 10. The smallest absolute Gasteiger partial charge is 0.305 e. The molecule has 7 heteroatoms. The molecule has 0 radical (unpaired) electrons. The first kappa shape index (κ1) is 20.2. The molecule has 1 aromatic rings. The molecular formula is C17H27ClN4O2. The van der Waals surface area contributed by atoms with Crippen LogP contribution in [0.1, 0.15) is 38.2 Å². The van der Waals surface area contributed by atoms with Crippen LogP contribution in [0.5, 0.6) is 0 Å². The van der Waals surface area contributed by atoms with E-state index in [1.54, 1.807) is 12.3 Å². The molecule has 1 aromatic heterocycles. The molecule has 134 valence electrons. The number of nitrogens with one attached hydrogen (secondary N) is 2. The molecule has 0 aromatic carbocycles. The summed E-state index contributed by atoms with van der Waals surface area (Å²) in [4.78, 5) is 19.6. The van der Waals surface area contributed by atoms with Crippen LogP contribution in [0, 0.1) is 0 Å². The zero-order chi connectivity index (χ0) is 17.6. The zero-order valence-electron chi connectivity index (χ0n) is 14.5. The average molecular weight is 355 g/mol. The van der Waals surface area contributed by atoms with Crippen molar-refractivity contribution in [2.24, 2.45) is 4.99 Å². The van der Waals surface area contributed by atoms with E-state index in [-0.39, 0.29) is 5.97 Å². The van der Waals surface area contributed by atoms with Crippen LogP contribution in [-0.2, 0) is 16.0 Å². The second-order valence-electron chi connectivity index (χ2n) is 5.31. The summed E-state index contributed by atoms with van der Waals surface area (Å²) >= 11 is 5.77. The average Bonchev–Trinajstić information content (AvgIpc) is 2.59. The van der Waals surface area contributed by atoms with Crippen LogP contribution >= 0.6 is 11.6 Å². The molecule has 0 spiro atoms. The molecular weight excluding hydrogens is 328 g/mol. The second-order valence-corrected chi connectivity index (χ2v) is 5.70. The molecule has 24 heavy (non-hydrogen) atoms. The van der Waals surface area contributed by atoms with Gasteiger partial charge in [0.1, 0.15) is 5.15 Å². The van der Waals surface area contributed by atoms with E-state index in [1.165, 1.54) is 7.11 Å². The minimum atomic E-state index is -0.148. The lowest BCUT2D eigenvalue weighted by Gasteiger charge is -2.11. The van der Waals surface area contributed by atoms with Gasteiger partial charge < -0.3 is 15.4 Å². The number of esters is 1. The number of aromatic nitrogens is 1. The molecule has 0 bridgehead atoms. The van der Waals surface area contributed by atoms with E-state index >= 15 is 0 Å². The molecule has 0 aliphatic carbocycles. The Morgan fingerprint density at radius 3 is 2.79 bits per heavy atom. The molecule has 1 rings (SSSR count). The number of carbonyl (C=O) groups is 1. The number of nitrogens with zero attached hydrogens (tertiary/aromatic N) is 2. The standard InChI is InChI=1S/C17H27ClN4O2/c1-3-19-17(20-11-6-4-5-7-16(23)24-2)21-12-10-14-8-9-15(18)22-13-14/h8-9,13H,3-7,10-12H2,1-2H3,(H2,19,20,21). The Morgan fingerprint density at radius 1 is 1.29 bits per heavy atom. The van der Waals surface area contributed by atoms with Crippen LogP contribution in [-0.4, -0.2) is 43.7 Å². The lowest BCUT2D eigenvalue weighted by Crippen LogP contribution is -2.38. The quantitative estimate of drug-likeness (QED) is 0.222. The van der Waals surface area contributed by atoms with E-state index in [0.717, 1.165) is 56.8 Å². The highest BCUT2D eigenvalue weighted by Crippen LogP contribution is 2.05. The van der Waals surface area contributed by atoms with E-state index < -0.39 is 0 Å². The maximum atomic E-state index is 11.0. The van der Waals surface area contributed by atoms with Crippen molar-refractivity contribution in [2.75, 3.05) is 26.7 Å². The molecule has 2 N–H and O–H groups in total. The number of guanidine groups is 1. The Hall–Kier alpha value is -1.82. The normalized spacial score (nSPS) is 11.2. The molecule has 0 saturated carbocycles. The fraction of sp³-hybridized carbons (Fsp3) is 0.588. The van der Waals surface area contributed by atoms with Gasteiger partial charge in [-0.05, 0) is 37.8 Å². The summed E-state index contributed by atoms with van der Waals surface area (Å²) in [6.45, 7) is 4.36. The number of ether oxygens (including phenoxy) is 1. The van der Waals surface area contributed by atoms with Gasteiger partial charge in [-0.25, -0.2) is 4.98 Å². The number of hydrogen-bond donors (Lipinski definition) is 2. The summed E-state index contributed by atoms with van der Waals surface area (Å²) in [5.41, 5.74) is 1.13. The maximum absolute atomic E-state index is 11.0. The van der Waals surface area contributed by atoms with Gasteiger partial charge in [-0.15, -0.1) is 0 Å². The molecule has 0 saturated heterocycles. The van der Waals surface area contributed by atoms with Gasteiger partial charge in [0.05, 0.1) is 7.11 Å². The van der Waals surface area contributed by atoms with Crippen LogP contribution < -0.4 is 10.6 Å². The monoisotopic (exact) mass is 354 g/mol. The summed E-state index contributed by atoms with van der Waals surface area (Å²) in [5.74, 6) is 0.664. The summed E-state index contributed by atoms with van der Waals surface area (Å²) in [6, 6.07) is 3.77. The van der Waals surface area contributed by atoms with Crippen molar-refractivity contribution in [1.29, 1.82) is 0 Å². The van der Waals surface area contributed by atoms with Crippen LogP contribution in [0.3, 0.4) is 0 Å². The van der Waals surface area contributed by atoms with E-state index in [0.29, 0.717) is 11.6 Å². The first-order valence-corrected chi connectivity index (χ1v) is 8.73. The van der Waals surface area contributed by atoms with Gasteiger partial charge in [0.25, 0.3) is 0 Å². The number of unbranched alkanes of at least 4 members (excludes halogenated alkanes) is 2. The number of methoxy groups -OCH3 is 1. The molecule has 1 heterocycles. The first-order chi connectivity index (χ1) is 11.7. The molecule has 0 aliphatic heterocycles. The van der Waals surface area contributed by atoms with E-state index in [2.05, 4.69) is 25.3 Å². The van der Waals surface area contributed by atoms with Gasteiger partial charge in [0.2, 0.25) is 0 Å². The molecule has 6 nitrogen and oxygen atoms in total. The Kier molecular flexibility index (Phi) is 10.6. The number of carbonyl (C=O) groups excluding carboxylic acids is 1. The molecule has 0 unspecified atom stereocenters. The number of halogens is 1. The Labute approximate surface area is 149 Å². The number of pyridine rings is 1. The van der Waals surface area contributed by atoms with Crippen LogP contribution in [0.15, 0.2) is 23.3 Å². The van der Waals surface area contributed by atoms with Crippen molar-refractivity contribution in [1.82, 2.24) is 15.6 Å². The number of aliphatic imine (C=N–C) groups is 1. The molecule has 0 amide bonds. The summed E-state index contributed by atoms with van der Waals surface area (Å²) in [6.07, 6.45) is 5.88. The van der Waals surface area contributed by atoms with Crippen LogP contribution in [0.25, 0.3) is 0 Å². The predicted molar refractivity (Wildman–Crippen MR) is 97.4 cm³/mol. The third-order valence-corrected chi connectivity index (χ3v) is 3.60. The fourth-order valence-corrected chi connectivity index (χ4v) is 2.18. The van der Waals surface area contributed by atoms with E-state index in [1.807, 2.05) is 13.0 Å². The lowest BCUT2D eigenvalue weighted by molar-refractivity contribution is -0.140. The highest BCUT2D eigenvalue weighted by atomic mass is 35.5. The van der Waals surface area contributed by atoms with Crippen LogP contribution in [0.4, 0.5) is 0 Å². The Bertz CT molecular complexity index is 506. The van der Waals surface area contributed by atoms with E-state index in [9.17, 15) is 4.79 Å². The zero-order valence-corrected chi connectivity index (χ0v) is 15.2. The second kappa shape index (κ2) is 12.6. The topological polar surface area (TPSA) is 75.6 Å². The van der Waals surface area contributed by atoms with Crippen LogP contribution in [0.2, 0.25) is 5.15 Å². The molecule has 0 aliphatic rings. The molecule has 0 fully saturated rings. The van der Waals surface area contributed by atoms with Crippen molar-refractivity contribution >= 4 is 23.5 Å². The van der Waals surface area contributed by atoms with Gasteiger partial charge in [-0.2, -0.15) is 0 Å². The SMILES string of the molecule is CCNC(=NCCCCCC(=O)OC)NCCc1ccc(Cl)nc1. The van der Waals surface area contributed by atoms with Crippen molar-refractivity contribution in [3.05, 3.63) is 29.0 Å². The Morgan fingerprint density at radius 2 is 2.12 bits per heavy atom. The first-order valence-electron chi connectivity index (χ1n) is 8.35. The van der Waals surface area contributed by atoms with Gasteiger partial charge in [0.15, 0.2) is 5.96 Å². The minimum Gasteiger partial charge on any atom is -0.469 e. The minimum absolute atomic E-state index is 0.148. The van der Waals surface area contributed by atoms with Crippen molar-refractivity contribution < 1.29 is 9.53 Å². The fourth-order valence-electron chi connectivity index (χ4n) is 2.07. The lowest BCUT2D eigenvalue weighted by atomic mass is 10.2.